The number of fused-ring (bicyclic) bond motifs is 1. The summed E-state index contributed by atoms with van der Waals surface area (Å²) in [5.74, 6) is 0.792. The van der Waals surface area contributed by atoms with Gasteiger partial charge in [-0.2, -0.15) is 0 Å². The van der Waals surface area contributed by atoms with Crippen LogP contribution in [-0.4, -0.2) is 15.4 Å². The summed E-state index contributed by atoms with van der Waals surface area (Å²) in [7, 11) is 0. The van der Waals surface area contributed by atoms with Gasteiger partial charge in [0, 0.05) is 11.6 Å². The third-order valence-corrected chi connectivity index (χ3v) is 2.74. The Bertz CT molecular complexity index is 461. The van der Waals surface area contributed by atoms with Gasteiger partial charge in [0.25, 0.3) is 0 Å². The minimum atomic E-state index is -0.538. The number of urea groups is 1. The molecular weight excluding hydrogens is 200 g/mol. The molecule has 0 radical (unpaired) electrons. The molecule has 2 amide bonds. The summed E-state index contributed by atoms with van der Waals surface area (Å²) in [5.41, 5.74) is 5.03. The summed E-state index contributed by atoms with van der Waals surface area (Å²) >= 11 is 1.60. The van der Waals surface area contributed by atoms with Gasteiger partial charge < -0.3 is 11.1 Å². The molecule has 6 heteroatoms. The van der Waals surface area contributed by atoms with E-state index in [0.29, 0.717) is 0 Å². The average molecular weight is 210 g/mol. The van der Waals surface area contributed by atoms with Crippen molar-refractivity contribution in [2.24, 2.45) is 5.73 Å². The van der Waals surface area contributed by atoms with Crippen LogP contribution < -0.4 is 11.1 Å². The van der Waals surface area contributed by atoms with Gasteiger partial charge in [0.2, 0.25) is 0 Å². The largest absolute Gasteiger partial charge is 0.352 e. The monoisotopic (exact) mass is 210 g/mol. The van der Waals surface area contributed by atoms with Crippen molar-refractivity contribution >= 4 is 22.2 Å². The topological polar surface area (TPSA) is 72.4 Å². The zero-order chi connectivity index (χ0) is 10.1. The molecule has 0 aliphatic carbocycles. The van der Waals surface area contributed by atoms with Crippen LogP contribution in [-0.2, 0) is 0 Å². The Morgan fingerprint density at radius 1 is 1.79 bits per heavy atom. The Hall–Kier alpha value is -1.56. The van der Waals surface area contributed by atoms with E-state index in [2.05, 4.69) is 10.3 Å². The molecule has 0 bridgehead atoms. The molecule has 0 saturated heterocycles. The Kier molecular flexibility index (Phi) is 2.12. The molecule has 2 aromatic heterocycles. The van der Waals surface area contributed by atoms with Gasteiger partial charge in [-0.05, 0) is 6.92 Å². The summed E-state index contributed by atoms with van der Waals surface area (Å²) in [6, 6.07) is -0.714. The minimum Gasteiger partial charge on any atom is -0.352 e. The van der Waals surface area contributed by atoms with Crippen molar-refractivity contribution in [1.82, 2.24) is 14.7 Å². The van der Waals surface area contributed by atoms with E-state index in [1.165, 1.54) is 0 Å². The zero-order valence-corrected chi connectivity index (χ0v) is 8.41. The normalized spacial score (nSPS) is 12.9. The number of hydrogen-bond acceptors (Lipinski definition) is 3. The number of aromatic nitrogens is 2. The Morgan fingerprint density at radius 3 is 3.29 bits per heavy atom. The fourth-order valence-corrected chi connectivity index (χ4v) is 2.06. The lowest BCUT2D eigenvalue weighted by Crippen LogP contribution is -2.32. The summed E-state index contributed by atoms with van der Waals surface area (Å²) in [4.78, 5) is 15.9. The summed E-state index contributed by atoms with van der Waals surface area (Å²) in [6.07, 6.45) is 3.70. The van der Waals surface area contributed by atoms with Crippen LogP contribution in [0.15, 0.2) is 17.8 Å². The van der Waals surface area contributed by atoms with E-state index < -0.39 is 6.03 Å². The highest BCUT2D eigenvalue weighted by Crippen LogP contribution is 2.17. The van der Waals surface area contributed by atoms with Crippen LogP contribution in [0.25, 0.3) is 4.83 Å². The number of imidazole rings is 1. The van der Waals surface area contributed by atoms with Crippen molar-refractivity contribution in [3.8, 4) is 0 Å². The minimum absolute atomic E-state index is 0.176. The van der Waals surface area contributed by atoms with Gasteiger partial charge in [-0.3, -0.25) is 4.40 Å². The van der Waals surface area contributed by atoms with Crippen LogP contribution in [0.5, 0.6) is 0 Å². The van der Waals surface area contributed by atoms with E-state index in [9.17, 15) is 4.79 Å². The lowest BCUT2D eigenvalue weighted by Gasteiger charge is -2.09. The predicted molar refractivity (Wildman–Crippen MR) is 54.2 cm³/mol. The molecule has 0 saturated carbocycles. The molecule has 2 aromatic rings. The first kappa shape index (κ1) is 9.01. The maximum atomic E-state index is 10.7. The summed E-state index contributed by atoms with van der Waals surface area (Å²) in [5, 5.41) is 4.56. The maximum Gasteiger partial charge on any atom is 0.312 e. The number of carbonyl (C=O) groups excluding carboxylic acids is 1. The highest BCUT2D eigenvalue weighted by Gasteiger charge is 2.13. The smallest absolute Gasteiger partial charge is 0.312 e. The van der Waals surface area contributed by atoms with Crippen molar-refractivity contribution in [2.45, 2.75) is 13.0 Å². The molecule has 5 nitrogen and oxygen atoms in total. The highest BCUT2D eigenvalue weighted by atomic mass is 32.1. The third-order valence-electron chi connectivity index (χ3n) is 1.94. The number of thiazole rings is 1. The first-order valence-electron chi connectivity index (χ1n) is 4.15. The van der Waals surface area contributed by atoms with Crippen molar-refractivity contribution in [1.29, 1.82) is 0 Å². The van der Waals surface area contributed by atoms with Crippen molar-refractivity contribution < 1.29 is 4.79 Å². The summed E-state index contributed by atoms with van der Waals surface area (Å²) < 4.78 is 1.94. The SMILES string of the molecule is CC(NC(N)=O)c1ncc2sccn12. The fraction of sp³-hybridized carbons (Fsp3) is 0.250. The Morgan fingerprint density at radius 2 is 2.57 bits per heavy atom. The number of rotatable bonds is 2. The third kappa shape index (κ3) is 1.44. The van der Waals surface area contributed by atoms with E-state index in [1.807, 2.05) is 22.9 Å². The molecule has 3 N–H and O–H groups in total. The van der Waals surface area contributed by atoms with Gasteiger partial charge in [-0.15, -0.1) is 11.3 Å². The molecule has 2 rings (SSSR count). The molecule has 0 aliphatic heterocycles. The zero-order valence-electron chi connectivity index (χ0n) is 7.60. The standard InChI is InChI=1S/C8H10N4OS/c1-5(11-8(9)13)7-10-4-6-12(7)2-3-14-6/h2-5H,1H3,(H3,9,11,13). The first-order chi connectivity index (χ1) is 6.68. The molecule has 1 unspecified atom stereocenters. The number of hydrogen-bond donors (Lipinski definition) is 2. The first-order valence-corrected chi connectivity index (χ1v) is 5.03. The van der Waals surface area contributed by atoms with Gasteiger partial charge in [0.1, 0.15) is 10.7 Å². The van der Waals surface area contributed by atoms with Crippen molar-refractivity contribution in [3.63, 3.8) is 0 Å². The van der Waals surface area contributed by atoms with E-state index >= 15 is 0 Å². The van der Waals surface area contributed by atoms with Crippen LogP contribution in [0.1, 0.15) is 18.8 Å². The van der Waals surface area contributed by atoms with Gasteiger partial charge in [-0.25, -0.2) is 9.78 Å². The number of nitrogens with zero attached hydrogens (tertiary/aromatic N) is 2. The van der Waals surface area contributed by atoms with Gasteiger partial charge in [0.15, 0.2) is 0 Å². The van der Waals surface area contributed by atoms with Crippen LogP contribution >= 0.6 is 11.3 Å². The lowest BCUT2D eigenvalue weighted by atomic mass is 10.3. The lowest BCUT2D eigenvalue weighted by molar-refractivity contribution is 0.245. The molecule has 1 atom stereocenters. The van der Waals surface area contributed by atoms with Crippen LogP contribution in [0.4, 0.5) is 4.79 Å². The number of nitrogens with two attached hydrogens (primary N) is 1. The van der Waals surface area contributed by atoms with E-state index in [4.69, 9.17) is 5.73 Å². The van der Waals surface area contributed by atoms with Gasteiger partial charge in [-0.1, -0.05) is 0 Å². The predicted octanol–water partition coefficient (Wildman–Crippen LogP) is 1.13. The second-order valence-corrected chi connectivity index (χ2v) is 3.88. The summed E-state index contributed by atoms with van der Waals surface area (Å²) in [6.45, 7) is 1.84. The van der Waals surface area contributed by atoms with Crippen molar-refractivity contribution in [2.75, 3.05) is 0 Å². The van der Waals surface area contributed by atoms with Crippen LogP contribution in [0.3, 0.4) is 0 Å². The van der Waals surface area contributed by atoms with Crippen molar-refractivity contribution in [3.05, 3.63) is 23.6 Å². The Balaban J connectivity index is 2.33. The number of amides is 2. The number of primary amides is 1. The van der Waals surface area contributed by atoms with E-state index in [-0.39, 0.29) is 6.04 Å². The maximum absolute atomic E-state index is 10.7. The average Bonchev–Trinajstić information content (AvgIpc) is 2.59. The van der Waals surface area contributed by atoms with Crippen LogP contribution in [0, 0.1) is 0 Å². The number of carbonyl (C=O) groups is 1. The second kappa shape index (κ2) is 3.30. The number of nitrogens with one attached hydrogen (secondary N) is 1. The Labute approximate surface area is 84.6 Å². The second-order valence-electron chi connectivity index (χ2n) is 2.96. The molecule has 0 fully saturated rings. The molecule has 0 aromatic carbocycles. The quantitative estimate of drug-likeness (QED) is 0.779. The molecular formula is C8H10N4OS. The molecule has 74 valence electrons. The molecule has 0 aliphatic rings. The fourth-order valence-electron chi connectivity index (χ4n) is 1.36. The highest BCUT2D eigenvalue weighted by molar-refractivity contribution is 7.15. The molecule has 2 heterocycles. The van der Waals surface area contributed by atoms with Gasteiger partial charge in [0.05, 0.1) is 12.2 Å². The molecule has 14 heavy (non-hydrogen) atoms. The molecule has 0 spiro atoms. The van der Waals surface area contributed by atoms with E-state index in [1.54, 1.807) is 17.5 Å². The van der Waals surface area contributed by atoms with Gasteiger partial charge >= 0.3 is 6.03 Å². The van der Waals surface area contributed by atoms with E-state index in [0.717, 1.165) is 10.7 Å². The van der Waals surface area contributed by atoms with Crippen LogP contribution in [0.2, 0.25) is 0 Å².